The molecule has 2 fully saturated rings. The second-order valence-corrected chi connectivity index (χ2v) is 8.28. The van der Waals surface area contributed by atoms with Crippen molar-refractivity contribution in [2.75, 3.05) is 46.4 Å². The molecule has 0 aromatic heterocycles. The predicted octanol–water partition coefficient (Wildman–Crippen LogP) is 3.28. The van der Waals surface area contributed by atoms with Crippen molar-refractivity contribution in [3.05, 3.63) is 65.2 Å². The summed E-state index contributed by atoms with van der Waals surface area (Å²) in [6.07, 6.45) is 3.77. The Balaban J connectivity index is 1.40. The molecule has 0 N–H and O–H groups in total. The topological polar surface area (TPSA) is 53.1 Å². The Labute approximate surface area is 184 Å². The average molecular weight is 422 g/mol. The van der Waals surface area contributed by atoms with E-state index in [4.69, 9.17) is 4.74 Å². The smallest absolute Gasteiger partial charge is 0.257 e. The van der Waals surface area contributed by atoms with Gasteiger partial charge in [0.05, 0.1) is 12.7 Å². The van der Waals surface area contributed by atoms with Gasteiger partial charge < -0.3 is 14.5 Å². The lowest BCUT2D eigenvalue weighted by molar-refractivity contribution is 0.0532. The fourth-order valence-electron chi connectivity index (χ4n) is 4.50. The zero-order chi connectivity index (χ0) is 21.6. The van der Waals surface area contributed by atoms with Crippen LogP contribution >= 0.6 is 0 Å². The number of likely N-dealkylation sites (tertiary alicyclic amines) is 1. The highest BCUT2D eigenvalue weighted by atomic mass is 16.5. The standard InChI is InChI=1S/C25H31N3O3/c1-31-23-12-6-5-11-22(23)25(30)28-17-15-27(16-18-28)24(29)21-10-4-3-9-20(21)19-26-13-7-2-8-14-26/h3-6,9-12H,2,7-8,13-19H2,1H3. The lowest BCUT2D eigenvalue weighted by Crippen LogP contribution is -2.50. The van der Waals surface area contributed by atoms with Crippen molar-refractivity contribution in [3.63, 3.8) is 0 Å². The van der Waals surface area contributed by atoms with Gasteiger partial charge >= 0.3 is 0 Å². The summed E-state index contributed by atoms with van der Waals surface area (Å²) in [5.41, 5.74) is 2.45. The van der Waals surface area contributed by atoms with Crippen molar-refractivity contribution < 1.29 is 14.3 Å². The Morgan fingerprint density at radius 1 is 0.742 bits per heavy atom. The Morgan fingerprint density at radius 2 is 1.29 bits per heavy atom. The van der Waals surface area contributed by atoms with E-state index < -0.39 is 0 Å². The van der Waals surface area contributed by atoms with E-state index in [0.29, 0.717) is 37.5 Å². The van der Waals surface area contributed by atoms with Crippen LogP contribution in [-0.2, 0) is 6.54 Å². The molecule has 2 aliphatic heterocycles. The summed E-state index contributed by atoms with van der Waals surface area (Å²) in [5.74, 6) is 0.602. The zero-order valence-electron chi connectivity index (χ0n) is 18.3. The van der Waals surface area contributed by atoms with E-state index in [1.165, 1.54) is 19.3 Å². The van der Waals surface area contributed by atoms with Gasteiger partial charge in [-0.1, -0.05) is 36.8 Å². The highest BCUT2D eigenvalue weighted by molar-refractivity contribution is 5.98. The summed E-state index contributed by atoms with van der Waals surface area (Å²) in [6.45, 7) is 5.16. The molecule has 2 aromatic carbocycles. The first-order valence-corrected chi connectivity index (χ1v) is 11.2. The maximum Gasteiger partial charge on any atom is 0.257 e. The molecular formula is C25H31N3O3. The first kappa shape index (κ1) is 21.4. The fourth-order valence-corrected chi connectivity index (χ4v) is 4.50. The molecule has 2 aromatic rings. The lowest BCUT2D eigenvalue weighted by atomic mass is 10.0. The fraction of sp³-hybridized carbons (Fsp3) is 0.440. The van der Waals surface area contributed by atoms with Gasteiger partial charge in [0.1, 0.15) is 5.75 Å². The number of carbonyl (C=O) groups excluding carboxylic acids is 2. The number of para-hydroxylation sites is 1. The molecule has 31 heavy (non-hydrogen) atoms. The monoisotopic (exact) mass is 421 g/mol. The lowest BCUT2D eigenvalue weighted by Gasteiger charge is -2.35. The third-order valence-electron chi connectivity index (χ3n) is 6.28. The van der Waals surface area contributed by atoms with Crippen LogP contribution in [0.2, 0.25) is 0 Å². The van der Waals surface area contributed by atoms with Crippen LogP contribution < -0.4 is 4.74 Å². The predicted molar refractivity (Wildman–Crippen MR) is 120 cm³/mol. The normalized spacial score (nSPS) is 17.5. The Hall–Kier alpha value is -2.86. The summed E-state index contributed by atoms with van der Waals surface area (Å²) >= 11 is 0. The summed E-state index contributed by atoms with van der Waals surface area (Å²) < 4.78 is 5.33. The summed E-state index contributed by atoms with van der Waals surface area (Å²) in [4.78, 5) is 32.4. The highest BCUT2D eigenvalue weighted by Gasteiger charge is 2.28. The van der Waals surface area contributed by atoms with E-state index >= 15 is 0 Å². The quantitative estimate of drug-likeness (QED) is 0.744. The van der Waals surface area contributed by atoms with Gasteiger partial charge in [-0.25, -0.2) is 0 Å². The van der Waals surface area contributed by atoms with Crippen LogP contribution in [-0.4, -0.2) is 72.9 Å². The van der Waals surface area contributed by atoms with Crippen LogP contribution in [0.4, 0.5) is 0 Å². The molecule has 2 saturated heterocycles. The minimum absolute atomic E-state index is 0.0463. The van der Waals surface area contributed by atoms with Gasteiger partial charge in [-0.2, -0.15) is 0 Å². The second kappa shape index (κ2) is 9.96. The number of piperidine rings is 1. The van der Waals surface area contributed by atoms with Crippen molar-refractivity contribution in [3.8, 4) is 5.75 Å². The van der Waals surface area contributed by atoms with Crippen LogP contribution in [0, 0.1) is 0 Å². The number of nitrogens with zero attached hydrogens (tertiary/aromatic N) is 3. The first-order chi connectivity index (χ1) is 15.2. The number of amides is 2. The summed E-state index contributed by atoms with van der Waals surface area (Å²) in [6, 6.07) is 15.2. The number of hydrogen-bond donors (Lipinski definition) is 0. The largest absolute Gasteiger partial charge is 0.496 e. The van der Waals surface area contributed by atoms with Gasteiger partial charge in [-0.05, 0) is 49.7 Å². The van der Waals surface area contributed by atoms with Crippen molar-refractivity contribution >= 4 is 11.8 Å². The molecule has 0 radical (unpaired) electrons. The second-order valence-electron chi connectivity index (χ2n) is 8.28. The average Bonchev–Trinajstić information content (AvgIpc) is 2.84. The molecule has 6 nitrogen and oxygen atoms in total. The molecule has 4 rings (SSSR count). The minimum Gasteiger partial charge on any atom is -0.496 e. The van der Waals surface area contributed by atoms with E-state index in [2.05, 4.69) is 11.0 Å². The molecule has 0 atom stereocenters. The number of hydrogen-bond acceptors (Lipinski definition) is 4. The number of rotatable bonds is 5. The zero-order valence-corrected chi connectivity index (χ0v) is 18.3. The maximum absolute atomic E-state index is 13.3. The molecule has 0 bridgehead atoms. The van der Waals surface area contributed by atoms with Crippen molar-refractivity contribution in [2.45, 2.75) is 25.8 Å². The number of carbonyl (C=O) groups is 2. The van der Waals surface area contributed by atoms with Crippen LogP contribution in [0.1, 0.15) is 45.5 Å². The van der Waals surface area contributed by atoms with Gasteiger partial charge in [-0.3, -0.25) is 14.5 Å². The number of benzene rings is 2. The van der Waals surface area contributed by atoms with Gasteiger partial charge in [-0.15, -0.1) is 0 Å². The van der Waals surface area contributed by atoms with E-state index in [-0.39, 0.29) is 11.8 Å². The number of piperazine rings is 1. The molecule has 0 saturated carbocycles. The van der Waals surface area contributed by atoms with Crippen molar-refractivity contribution in [1.29, 1.82) is 0 Å². The van der Waals surface area contributed by atoms with Gasteiger partial charge in [0.2, 0.25) is 0 Å². The van der Waals surface area contributed by atoms with E-state index in [0.717, 1.165) is 30.8 Å². The summed E-state index contributed by atoms with van der Waals surface area (Å²) in [7, 11) is 1.57. The van der Waals surface area contributed by atoms with Crippen molar-refractivity contribution in [1.82, 2.24) is 14.7 Å². The maximum atomic E-state index is 13.3. The minimum atomic E-state index is -0.0463. The van der Waals surface area contributed by atoms with Gasteiger partial charge in [0.15, 0.2) is 0 Å². The Morgan fingerprint density at radius 3 is 1.94 bits per heavy atom. The van der Waals surface area contributed by atoms with E-state index in [1.807, 2.05) is 35.2 Å². The Bertz CT molecular complexity index is 916. The van der Waals surface area contributed by atoms with Crippen LogP contribution in [0.5, 0.6) is 5.75 Å². The number of methoxy groups -OCH3 is 1. The van der Waals surface area contributed by atoms with Crippen LogP contribution in [0.25, 0.3) is 0 Å². The molecule has 0 aliphatic carbocycles. The van der Waals surface area contributed by atoms with Crippen LogP contribution in [0.15, 0.2) is 48.5 Å². The van der Waals surface area contributed by atoms with Crippen molar-refractivity contribution in [2.24, 2.45) is 0 Å². The number of ether oxygens (including phenoxy) is 1. The molecule has 164 valence electrons. The molecule has 0 spiro atoms. The third kappa shape index (κ3) is 4.90. The van der Waals surface area contributed by atoms with Crippen LogP contribution in [0.3, 0.4) is 0 Å². The molecular weight excluding hydrogens is 390 g/mol. The summed E-state index contributed by atoms with van der Waals surface area (Å²) in [5, 5.41) is 0. The molecule has 2 amide bonds. The molecule has 6 heteroatoms. The molecule has 2 aliphatic rings. The van der Waals surface area contributed by atoms with E-state index in [1.54, 1.807) is 24.1 Å². The van der Waals surface area contributed by atoms with Gasteiger partial charge in [0.25, 0.3) is 11.8 Å². The van der Waals surface area contributed by atoms with Gasteiger partial charge in [0, 0.05) is 38.3 Å². The Kier molecular flexibility index (Phi) is 6.87. The highest BCUT2D eigenvalue weighted by Crippen LogP contribution is 2.22. The molecule has 2 heterocycles. The molecule has 0 unspecified atom stereocenters. The van der Waals surface area contributed by atoms with E-state index in [9.17, 15) is 9.59 Å². The third-order valence-corrected chi connectivity index (χ3v) is 6.28. The first-order valence-electron chi connectivity index (χ1n) is 11.2. The SMILES string of the molecule is COc1ccccc1C(=O)N1CCN(C(=O)c2ccccc2CN2CCCCC2)CC1.